The minimum Gasteiger partial charge on any atom is -0.410 e. The van der Waals surface area contributed by atoms with Crippen LogP contribution in [0.2, 0.25) is 18.1 Å². The van der Waals surface area contributed by atoms with Crippen molar-refractivity contribution in [2.24, 2.45) is 5.92 Å². The van der Waals surface area contributed by atoms with Gasteiger partial charge in [-0.1, -0.05) is 39.3 Å². The highest BCUT2D eigenvalue weighted by Crippen LogP contribution is 2.38. The average molecular weight is 436 g/mol. The number of nitrogens with zero attached hydrogens (tertiary/aromatic N) is 1. The van der Waals surface area contributed by atoms with Crippen molar-refractivity contribution in [2.75, 3.05) is 0 Å². The van der Waals surface area contributed by atoms with Crippen LogP contribution in [-0.4, -0.2) is 25.7 Å². The van der Waals surface area contributed by atoms with Crippen LogP contribution in [0.5, 0.6) is 0 Å². The molecule has 0 saturated heterocycles. The van der Waals surface area contributed by atoms with Crippen molar-refractivity contribution in [1.82, 2.24) is 4.98 Å². The summed E-state index contributed by atoms with van der Waals surface area (Å²) in [6.07, 6.45) is 9.57. The van der Waals surface area contributed by atoms with Gasteiger partial charge in [0.25, 0.3) is 0 Å². The standard InChI is InChI=1S/C24H41NO2SSi/c1-18(11-10-12-19(2)16-26)13-14-23(27-29(8,9)24(5,6)7)20(3)15-22-17-28-21(4)25-22/h13,15-17,19,23H,10-12,14H2,1-9H3/b18-13+,20-15-/t19-,23-/m0/s1. The highest BCUT2D eigenvalue weighted by atomic mass is 32.1. The Balaban J connectivity index is 2.94. The monoisotopic (exact) mass is 435 g/mol. The van der Waals surface area contributed by atoms with Crippen molar-refractivity contribution in [3.05, 3.63) is 33.3 Å². The first-order chi connectivity index (χ1) is 13.4. The molecule has 0 N–H and O–H groups in total. The number of rotatable bonds is 11. The summed E-state index contributed by atoms with van der Waals surface area (Å²) in [6, 6.07) is 0. The quantitative estimate of drug-likeness (QED) is 0.204. The Morgan fingerprint density at radius 2 is 1.97 bits per heavy atom. The molecule has 5 heteroatoms. The lowest BCUT2D eigenvalue weighted by Crippen LogP contribution is -2.44. The van der Waals surface area contributed by atoms with Gasteiger partial charge in [0.05, 0.1) is 16.8 Å². The first kappa shape index (κ1) is 26.0. The molecule has 0 saturated carbocycles. The van der Waals surface area contributed by atoms with Gasteiger partial charge in [0.1, 0.15) is 6.29 Å². The second-order valence-corrected chi connectivity index (χ2v) is 15.7. The molecule has 164 valence electrons. The third kappa shape index (κ3) is 9.10. The first-order valence-electron chi connectivity index (χ1n) is 10.7. The third-order valence-electron chi connectivity index (χ3n) is 5.91. The second kappa shape index (κ2) is 11.4. The summed E-state index contributed by atoms with van der Waals surface area (Å²) in [5.41, 5.74) is 3.64. The molecular formula is C24H41NO2SSi. The number of allylic oxidation sites excluding steroid dienone is 1. The maximum Gasteiger partial charge on any atom is 0.192 e. The minimum absolute atomic E-state index is 0.0711. The SMILES string of the molecule is C/C(=C/c1csc(C)n1)[C@H](C/C=C(\C)CCC[C@H](C)C=O)O[Si](C)(C)C(C)(C)C. The fourth-order valence-electron chi connectivity index (χ4n) is 2.81. The van der Waals surface area contributed by atoms with Crippen LogP contribution in [0, 0.1) is 12.8 Å². The largest absolute Gasteiger partial charge is 0.410 e. The van der Waals surface area contributed by atoms with Crippen molar-refractivity contribution in [3.63, 3.8) is 0 Å². The molecule has 3 nitrogen and oxygen atoms in total. The van der Waals surface area contributed by atoms with Crippen molar-refractivity contribution in [2.45, 2.75) is 98.4 Å². The molecule has 1 aromatic rings. The molecular weight excluding hydrogens is 394 g/mol. The number of aldehydes is 1. The molecule has 0 spiro atoms. The van der Waals surface area contributed by atoms with E-state index in [-0.39, 0.29) is 17.1 Å². The van der Waals surface area contributed by atoms with Gasteiger partial charge in [0, 0.05) is 11.3 Å². The number of aryl methyl sites for hydroxylation is 1. The fraction of sp³-hybridized carbons (Fsp3) is 0.667. The maximum atomic E-state index is 10.8. The van der Waals surface area contributed by atoms with Crippen LogP contribution in [-0.2, 0) is 9.22 Å². The molecule has 0 aliphatic carbocycles. The van der Waals surface area contributed by atoms with Gasteiger partial charge in [0.15, 0.2) is 8.32 Å². The van der Waals surface area contributed by atoms with Gasteiger partial charge in [-0.25, -0.2) is 4.98 Å². The van der Waals surface area contributed by atoms with Crippen LogP contribution in [0.25, 0.3) is 6.08 Å². The summed E-state index contributed by atoms with van der Waals surface area (Å²) in [6.45, 7) is 19.9. The van der Waals surface area contributed by atoms with Crippen LogP contribution in [0.15, 0.2) is 22.6 Å². The summed E-state index contributed by atoms with van der Waals surface area (Å²) < 4.78 is 6.81. The zero-order valence-corrected chi connectivity index (χ0v) is 21.8. The van der Waals surface area contributed by atoms with E-state index in [0.29, 0.717) is 0 Å². The Bertz CT molecular complexity index is 713. The molecule has 0 aromatic carbocycles. The summed E-state index contributed by atoms with van der Waals surface area (Å²) >= 11 is 1.68. The second-order valence-electron chi connectivity index (χ2n) is 9.84. The third-order valence-corrected chi connectivity index (χ3v) is 11.2. The van der Waals surface area contributed by atoms with E-state index in [2.05, 4.69) is 70.2 Å². The predicted octanol–water partition coefficient (Wildman–Crippen LogP) is 7.59. The van der Waals surface area contributed by atoms with E-state index in [4.69, 9.17) is 4.43 Å². The molecule has 0 bridgehead atoms. The zero-order valence-electron chi connectivity index (χ0n) is 20.0. The van der Waals surface area contributed by atoms with E-state index < -0.39 is 8.32 Å². The van der Waals surface area contributed by atoms with Gasteiger partial charge in [-0.2, -0.15) is 0 Å². The Labute approximate surface area is 183 Å². The molecule has 29 heavy (non-hydrogen) atoms. The average Bonchev–Trinajstić information content (AvgIpc) is 3.01. The molecule has 0 unspecified atom stereocenters. The molecule has 0 fully saturated rings. The Hall–Kier alpha value is -1.04. The maximum absolute atomic E-state index is 10.8. The lowest BCUT2D eigenvalue weighted by molar-refractivity contribution is -0.110. The normalized spacial score (nSPS) is 16.0. The lowest BCUT2D eigenvalue weighted by atomic mass is 10.0. The van der Waals surface area contributed by atoms with E-state index in [9.17, 15) is 4.79 Å². The van der Waals surface area contributed by atoms with Gasteiger partial charge in [-0.3, -0.25) is 0 Å². The molecule has 0 radical (unpaired) electrons. The zero-order chi connectivity index (χ0) is 22.2. The van der Waals surface area contributed by atoms with Crippen LogP contribution >= 0.6 is 11.3 Å². The molecule has 0 amide bonds. The van der Waals surface area contributed by atoms with E-state index in [1.165, 1.54) is 11.1 Å². The smallest absolute Gasteiger partial charge is 0.192 e. The van der Waals surface area contributed by atoms with Gasteiger partial charge >= 0.3 is 0 Å². The van der Waals surface area contributed by atoms with Crippen LogP contribution in [0.1, 0.15) is 77.9 Å². The highest BCUT2D eigenvalue weighted by molar-refractivity contribution is 7.09. The predicted molar refractivity (Wildman–Crippen MR) is 130 cm³/mol. The van der Waals surface area contributed by atoms with Crippen molar-refractivity contribution in [3.8, 4) is 0 Å². The number of thiazole rings is 1. The number of carbonyl (C=O) groups is 1. The lowest BCUT2D eigenvalue weighted by Gasteiger charge is -2.39. The number of carbonyl (C=O) groups excluding carboxylic acids is 1. The van der Waals surface area contributed by atoms with Gasteiger partial charge in [-0.05, 0) is 76.2 Å². The summed E-state index contributed by atoms with van der Waals surface area (Å²) in [5, 5.41) is 3.37. The molecule has 1 heterocycles. The van der Waals surface area contributed by atoms with E-state index in [1.54, 1.807) is 11.3 Å². The number of hydrogen-bond acceptors (Lipinski definition) is 4. The Kier molecular flexibility index (Phi) is 10.2. The number of hydrogen-bond donors (Lipinski definition) is 0. The van der Waals surface area contributed by atoms with E-state index >= 15 is 0 Å². The fourth-order valence-corrected chi connectivity index (χ4v) is 4.73. The van der Waals surface area contributed by atoms with Crippen molar-refractivity contribution >= 4 is 32.0 Å². The summed E-state index contributed by atoms with van der Waals surface area (Å²) in [4.78, 5) is 15.4. The topological polar surface area (TPSA) is 39.2 Å². The minimum atomic E-state index is -1.89. The van der Waals surface area contributed by atoms with Gasteiger partial charge < -0.3 is 9.22 Å². The molecule has 1 aromatic heterocycles. The molecule has 1 rings (SSSR count). The Morgan fingerprint density at radius 3 is 2.48 bits per heavy atom. The van der Waals surface area contributed by atoms with Crippen LogP contribution < -0.4 is 0 Å². The van der Waals surface area contributed by atoms with Crippen molar-refractivity contribution in [1.29, 1.82) is 0 Å². The van der Waals surface area contributed by atoms with Crippen LogP contribution in [0.3, 0.4) is 0 Å². The summed E-state index contributed by atoms with van der Waals surface area (Å²) in [7, 11) is -1.89. The first-order valence-corrected chi connectivity index (χ1v) is 14.5. The molecule has 0 aliphatic heterocycles. The Morgan fingerprint density at radius 1 is 1.31 bits per heavy atom. The van der Waals surface area contributed by atoms with Gasteiger partial charge in [0.2, 0.25) is 0 Å². The summed E-state index contributed by atoms with van der Waals surface area (Å²) in [5.74, 6) is 0.157. The van der Waals surface area contributed by atoms with Crippen LogP contribution in [0.4, 0.5) is 0 Å². The van der Waals surface area contributed by atoms with Gasteiger partial charge in [-0.15, -0.1) is 11.3 Å². The van der Waals surface area contributed by atoms with E-state index in [0.717, 1.165) is 42.7 Å². The van der Waals surface area contributed by atoms with Crippen molar-refractivity contribution < 1.29 is 9.22 Å². The highest BCUT2D eigenvalue weighted by Gasteiger charge is 2.39. The van der Waals surface area contributed by atoms with E-state index in [1.807, 2.05) is 13.8 Å². The molecule has 0 aliphatic rings. The number of aromatic nitrogens is 1. The molecule has 2 atom stereocenters.